The summed E-state index contributed by atoms with van der Waals surface area (Å²) in [4.78, 5) is 22.2. The Kier molecular flexibility index (Phi) is 4.85. The first-order valence-corrected chi connectivity index (χ1v) is 6.16. The van der Waals surface area contributed by atoms with E-state index < -0.39 is 10.5 Å². The molecule has 7 heteroatoms. The van der Waals surface area contributed by atoms with Crippen LogP contribution in [0.4, 0.5) is 11.4 Å². The summed E-state index contributed by atoms with van der Waals surface area (Å²) in [7, 11) is 0. The summed E-state index contributed by atoms with van der Waals surface area (Å²) in [5.74, 6) is -0.309. The summed E-state index contributed by atoms with van der Waals surface area (Å²) in [6.45, 7) is 5.95. The maximum Gasteiger partial charge on any atom is 0.271 e. The van der Waals surface area contributed by atoms with Gasteiger partial charge in [0.2, 0.25) is 5.91 Å². The van der Waals surface area contributed by atoms with Crippen molar-refractivity contribution in [3.8, 4) is 0 Å². The number of hydrogen-bond donors (Lipinski definition) is 2. The van der Waals surface area contributed by atoms with Crippen LogP contribution >= 0.6 is 11.6 Å². The van der Waals surface area contributed by atoms with Crippen molar-refractivity contribution in [2.75, 3.05) is 11.9 Å². The second-order valence-electron chi connectivity index (χ2n) is 4.53. The van der Waals surface area contributed by atoms with Crippen molar-refractivity contribution in [3.05, 3.63) is 33.3 Å². The van der Waals surface area contributed by atoms with E-state index in [-0.39, 0.29) is 22.3 Å². The van der Waals surface area contributed by atoms with E-state index >= 15 is 0 Å². The maximum absolute atomic E-state index is 12.1. The Morgan fingerprint density at radius 1 is 1.47 bits per heavy atom. The molecule has 0 saturated carbocycles. The van der Waals surface area contributed by atoms with Gasteiger partial charge >= 0.3 is 0 Å². The summed E-state index contributed by atoms with van der Waals surface area (Å²) < 4.78 is 0. The molecule has 19 heavy (non-hydrogen) atoms. The molecule has 1 rings (SSSR count). The minimum atomic E-state index is -0.789. The van der Waals surface area contributed by atoms with Crippen molar-refractivity contribution in [1.29, 1.82) is 0 Å². The molecule has 1 aromatic carbocycles. The van der Waals surface area contributed by atoms with Gasteiger partial charge in [-0.25, -0.2) is 0 Å². The minimum absolute atomic E-state index is 0.124. The molecule has 1 amide bonds. The van der Waals surface area contributed by atoms with Crippen LogP contribution in [0.1, 0.15) is 20.8 Å². The van der Waals surface area contributed by atoms with Gasteiger partial charge in [-0.05, 0) is 26.5 Å². The number of nitrogens with zero attached hydrogens (tertiary/aromatic N) is 1. The van der Waals surface area contributed by atoms with Crippen molar-refractivity contribution < 1.29 is 9.72 Å². The van der Waals surface area contributed by atoms with Crippen LogP contribution in [0.3, 0.4) is 0 Å². The van der Waals surface area contributed by atoms with Crippen LogP contribution in [0.15, 0.2) is 18.2 Å². The number of non-ortho nitro benzene ring substituents is 1. The molecule has 0 heterocycles. The zero-order chi connectivity index (χ0) is 14.6. The molecule has 0 aliphatic rings. The first kappa shape index (κ1) is 15.4. The van der Waals surface area contributed by atoms with E-state index in [9.17, 15) is 14.9 Å². The Hall–Kier alpha value is -1.66. The Balaban J connectivity index is 2.96. The summed E-state index contributed by atoms with van der Waals surface area (Å²) in [6, 6.07) is 3.91. The average Bonchev–Trinajstić information content (AvgIpc) is 2.31. The highest BCUT2D eigenvalue weighted by Gasteiger charge is 2.27. The monoisotopic (exact) mass is 285 g/mol. The lowest BCUT2D eigenvalue weighted by molar-refractivity contribution is -0.384. The molecule has 0 fully saturated rings. The third-order valence-corrected chi connectivity index (χ3v) is 2.92. The molecule has 0 saturated heterocycles. The lowest BCUT2D eigenvalue weighted by Crippen LogP contribution is -2.49. The van der Waals surface area contributed by atoms with Crippen molar-refractivity contribution >= 4 is 28.9 Å². The van der Waals surface area contributed by atoms with E-state index in [1.54, 1.807) is 13.8 Å². The summed E-state index contributed by atoms with van der Waals surface area (Å²) >= 11 is 5.91. The number of benzene rings is 1. The normalized spacial score (nSPS) is 11.2. The number of nitro benzene ring substituents is 1. The molecule has 0 aliphatic heterocycles. The van der Waals surface area contributed by atoms with Gasteiger partial charge in [-0.15, -0.1) is 0 Å². The first-order valence-electron chi connectivity index (χ1n) is 5.78. The highest BCUT2D eigenvalue weighted by atomic mass is 35.5. The molecule has 0 bridgehead atoms. The number of carbonyl (C=O) groups is 1. The predicted molar refractivity (Wildman–Crippen MR) is 74.5 cm³/mol. The van der Waals surface area contributed by atoms with Gasteiger partial charge in [0, 0.05) is 12.1 Å². The fourth-order valence-electron chi connectivity index (χ4n) is 1.52. The smallest absolute Gasteiger partial charge is 0.271 e. The van der Waals surface area contributed by atoms with Gasteiger partial charge in [0.1, 0.15) is 0 Å². The van der Waals surface area contributed by atoms with Crippen molar-refractivity contribution in [2.45, 2.75) is 26.3 Å². The highest BCUT2D eigenvalue weighted by molar-refractivity contribution is 6.33. The van der Waals surface area contributed by atoms with Crippen LogP contribution in [0, 0.1) is 10.1 Å². The zero-order valence-corrected chi connectivity index (χ0v) is 11.7. The summed E-state index contributed by atoms with van der Waals surface area (Å²) in [5.41, 5.74) is -0.685. The molecule has 1 aromatic rings. The van der Waals surface area contributed by atoms with Crippen LogP contribution in [0.25, 0.3) is 0 Å². The standard InChI is InChI=1S/C12H16ClN3O3/c1-4-14-12(2,3)11(17)15-10-7-8(16(18)19)5-6-9(10)13/h5-7,14H,4H2,1-3H3,(H,15,17). The molecular weight excluding hydrogens is 270 g/mol. The van der Waals surface area contributed by atoms with E-state index in [1.807, 2.05) is 6.92 Å². The first-order chi connectivity index (χ1) is 8.77. The highest BCUT2D eigenvalue weighted by Crippen LogP contribution is 2.27. The molecule has 104 valence electrons. The van der Waals surface area contributed by atoms with E-state index in [2.05, 4.69) is 10.6 Å². The van der Waals surface area contributed by atoms with Crippen LogP contribution in [0.2, 0.25) is 5.02 Å². The zero-order valence-electron chi connectivity index (χ0n) is 11.0. The van der Waals surface area contributed by atoms with Gasteiger partial charge in [-0.2, -0.15) is 0 Å². The Morgan fingerprint density at radius 3 is 2.63 bits per heavy atom. The SMILES string of the molecule is CCNC(C)(C)C(=O)Nc1cc([N+](=O)[O-])ccc1Cl. The van der Waals surface area contributed by atoms with Crippen LogP contribution in [-0.4, -0.2) is 22.9 Å². The average molecular weight is 286 g/mol. The molecule has 0 unspecified atom stereocenters. The molecule has 6 nitrogen and oxygen atoms in total. The number of hydrogen-bond acceptors (Lipinski definition) is 4. The van der Waals surface area contributed by atoms with Crippen molar-refractivity contribution in [1.82, 2.24) is 5.32 Å². The number of amides is 1. The number of nitrogens with one attached hydrogen (secondary N) is 2. The fourth-order valence-corrected chi connectivity index (χ4v) is 1.69. The van der Waals surface area contributed by atoms with Crippen LogP contribution in [0.5, 0.6) is 0 Å². The number of carbonyl (C=O) groups excluding carboxylic acids is 1. The van der Waals surface area contributed by atoms with Crippen LogP contribution < -0.4 is 10.6 Å². The van der Waals surface area contributed by atoms with E-state index in [4.69, 9.17) is 11.6 Å². The third kappa shape index (κ3) is 3.90. The number of rotatable bonds is 5. The fraction of sp³-hybridized carbons (Fsp3) is 0.417. The molecule has 0 atom stereocenters. The van der Waals surface area contributed by atoms with Gasteiger partial charge < -0.3 is 10.6 Å². The Morgan fingerprint density at radius 2 is 2.11 bits per heavy atom. The lowest BCUT2D eigenvalue weighted by Gasteiger charge is -2.24. The molecule has 0 radical (unpaired) electrons. The third-order valence-electron chi connectivity index (χ3n) is 2.60. The minimum Gasteiger partial charge on any atom is -0.323 e. The maximum atomic E-state index is 12.1. The largest absolute Gasteiger partial charge is 0.323 e. The number of halogens is 1. The summed E-state index contributed by atoms with van der Waals surface area (Å²) in [5, 5.41) is 16.5. The second kappa shape index (κ2) is 5.99. The van der Waals surface area contributed by atoms with Gasteiger partial charge in [-0.1, -0.05) is 18.5 Å². The predicted octanol–water partition coefficient (Wildman–Crippen LogP) is 2.57. The second-order valence-corrected chi connectivity index (χ2v) is 4.94. The Bertz CT molecular complexity index is 503. The molecule has 0 aliphatic carbocycles. The van der Waals surface area contributed by atoms with Gasteiger partial charge in [0.05, 0.1) is 21.2 Å². The van der Waals surface area contributed by atoms with Gasteiger partial charge in [0.15, 0.2) is 0 Å². The quantitative estimate of drug-likeness (QED) is 0.643. The molecular formula is C12H16ClN3O3. The lowest BCUT2D eigenvalue weighted by atomic mass is 10.0. The van der Waals surface area contributed by atoms with E-state index in [0.29, 0.717) is 6.54 Å². The number of nitro groups is 1. The van der Waals surface area contributed by atoms with E-state index in [1.165, 1.54) is 18.2 Å². The van der Waals surface area contributed by atoms with Crippen molar-refractivity contribution in [3.63, 3.8) is 0 Å². The molecule has 2 N–H and O–H groups in total. The summed E-state index contributed by atoms with van der Waals surface area (Å²) in [6.07, 6.45) is 0. The van der Waals surface area contributed by atoms with Crippen molar-refractivity contribution in [2.24, 2.45) is 0 Å². The van der Waals surface area contributed by atoms with Crippen LogP contribution in [-0.2, 0) is 4.79 Å². The Labute approximate surface area is 116 Å². The number of anilines is 1. The molecule has 0 aromatic heterocycles. The number of likely N-dealkylation sites (N-methyl/N-ethyl adjacent to an activating group) is 1. The molecule has 0 spiro atoms. The van der Waals surface area contributed by atoms with Gasteiger partial charge in [-0.3, -0.25) is 14.9 Å². The van der Waals surface area contributed by atoms with E-state index in [0.717, 1.165) is 0 Å². The topological polar surface area (TPSA) is 84.3 Å². The van der Waals surface area contributed by atoms with Gasteiger partial charge in [0.25, 0.3) is 5.69 Å².